The molecule has 1 rings (SSSR count). The van der Waals surface area contributed by atoms with Gasteiger partial charge >= 0.3 is 5.97 Å². The zero-order valence-electron chi connectivity index (χ0n) is 10.4. The second-order valence-electron chi connectivity index (χ2n) is 4.10. The second kappa shape index (κ2) is 6.07. The summed E-state index contributed by atoms with van der Waals surface area (Å²) >= 11 is 0. The van der Waals surface area contributed by atoms with Gasteiger partial charge in [-0.05, 0) is 26.0 Å². The van der Waals surface area contributed by atoms with E-state index in [9.17, 15) is 4.79 Å². The van der Waals surface area contributed by atoms with Crippen LogP contribution in [-0.4, -0.2) is 23.3 Å². The van der Waals surface area contributed by atoms with E-state index in [4.69, 9.17) is 19.6 Å². The van der Waals surface area contributed by atoms with Crippen molar-refractivity contribution in [3.05, 3.63) is 36.9 Å². The molecule has 0 aliphatic heterocycles. The fourth-order valence-electron chi connectivity index (χ4n) is 0.964. The summed E-state index contributed by atoms with van der Waals surface area (Å²) in [6.07, 6.45) is 1.59. The Kier molecular flexibility index (Phi) is 4.74. The fraction of sp³-hybridized carbons (Fsp3) is 0.308. The molecular weight excluding hydrogens is 236 g/mol. The summed E-state index contributed by atoms with van der Waals surface area (Å²) < 4.78 is 5.07. The lowest BCUT2D eigenvalue weighted by molar-refractivity contribution is -0.264. The Morgan fingerprint density at radius 1 is 1.39 bits per heavy atom. The molecule has 0 radical (unpaired) electrons. The van der Waals surface area contributed by atoms with Crippen LogP contribution in [0.1, 0.15) is 13.8 Å². The van der Waals surface area contributed by atoms with Gasteiger partial charge in [0.25, 0.3) is 0 Å². The van der Waals surface area contributed by atoms with Crippen LogP contribution < -0.4 is 9.62 Å². The number of para-hydroxylation sites is 2. The van der Waals surface area contributed by atoms with Crippen LogP contribution in [0.3, 0.4) is 0 Å². The zero-order chi connectivity index (χ0) is 13.6. The summed E-state index contributed by atoms with van der Waals surface area (Å²) in [6.45, 7) is 6.73. The Bertz CT molecular complexity index is 425. The van der Waals surface area contributed by atoms with Crippen LogP contribution in [0.5, 0.6) is 11.5 Å². The van der Waals surface area contributed by atoms with Crippen LogP contribution in [0.15, 0.2) is 36.9 Å². The highest BCUT2D eigenvalue weighted by Gasteiger charge is 2.17. The van der Waals surface area contributed by atoms with E-state index in [1.165, 1.54) is 0 Å². The van der Waals surface area contributed by atoms with E-state index in [2.05, 4.69) is 6.58 Å². The lowest BCUT2D eigenvalue weighted by Gasteiger charge is -2.19. The van der Waals surface area contributed by atoms with Crippen LogP contribution in [-0.2, 0) is 9.68 Å². The Morgan fingerprint density at radius 2 is 2.00 bits per heavy atom. The number of carboxylic acids is 1. The summed E-state index contributed by atoms with van der Waals surface area (Å²) in [7, 11) is 0. The van der Waals surface area contributed by atoms with E-state index in [0.717, 1.165) is 0 Å². The largest absolute Gasteiger partial charge is 0.479 e. The molecule has 0 bridgehead atoms. The van der Waals surface area contributed by atoms with E-state index in [1.807, 2.05) is 0 Å². The van der Waals surface area contributed by atoms with E-state index in [1.54, 1.807) is 44.2 Å². The summed E-state index contributed by atoms with van der Waals surface area (Å²) in [6, 6.07) is 6.66. The van der Waals surface area contributed by atoms with Crippen LogP contribution in [0.2, 0.25) is 0 Å². The second-order valence-corrected chi connectivity index (χ2v) is 4.10. The molecule has 0 atom stereocenters. The predicted molar refractivity (Wildman–Crippen MR) is 65.6 cm³/mol. The van der Waals surface area contributed by atoms with Crippen LogP contribution in [0.25, 0.3) is 0 Å². The average Bonchev–Trinajstić information content (AvgIpc) is 2.35. The third-order valence-electron chi connectivity index (χ3n) is 2.04. The number of carboxylic acid groups (broad SMARTS) is 1. The minimum Gasteiger partial charge on any atom is -0.479 e. The Labute approximate surface area is 106 Å². The maximum absolute atomic E-state index is 10.4. The van der Waals surface area contributed by atoms with Gasteiger partial charge in [-0.2, -0.15) is 4.89 Å². The molecule has 0 saturated heterocycles. The molecule has 98 valence electrons. The number of rotatable bonds is 7. The van der Waals surface area contributed by atoms with Gasteiger partial charge in [-0.25, -0.2) is 4.79 Å². The number of ether oxygens (including phenoxy) is 1. The topological polar surface area (TPSA) is 65.0 Å². The quantitative estimate of drug-likeness (QED) is 0.458. The lowest BCUT2D eigenvalue weighted by Crippen LogP contribution is -2.23. The smallest absolute Gasteiger partial charge is 0.341 e. The molecule has 0 heterocycles. The van der Waals surface area contributed by atoms with Gasteiger partial charge in [-0.3, -0.25) is 0 Å². The van der Waals surface area contributed by atoms with Crippen molar-refractivity contribution in [2.45, 2.75) is 19.4 Å². The Hall–Kier alpha value is -2.01. The highest BCUT2D eigenvalue weighted by atomic mass is 17.2. The van der Waals surface area contributed by atoms with Crippen molar-refractivity contribution in [1.82, 2.24) is 0 Å². The van der Waals surface area contributed by atoms with Crippen molar-refractivity contribution >= 4 is 5.97 Å². The number of hydrogen-bond donors (Lipinski definition) is 1. The molecule has 0 fully saturated rings. The molecule has 5 nitrogen and oxygen atoms in total. The molecule has 1 aromatic rings. The van der Waals surface area contributed by atoms with Gasteiger partial charge in [0.2, 0.25) is 5.75 Å². The summed E-state index contributed by atoms with van der Waals surface area (Å²) in [5, 5.41) is 8.55. The molecule has 0 amide bonds. The molecule has 0 aliphatic carbocycles. The van der Waals surface area contributed by atoms with Crippen molar-refractivity contribution in [1.29, 1.82) is 0 Å². The molecule has 0 saturated carbocycles. The van der Waals surface area contributed by atoms with E-state index in [-0.39, 0.29) is 0 Å². The molecule has 5 heteroatoms. The summed E-state index contributed by atoms with van der Waals surface area (Å²) in [4.78, 5) is 20.7. The van der Waals surface area contributed by atoms with Gasteiger partial charge in [0.1, 0.15) is 5.60 Å². The van der Waals surface area contributed by atoms with Gasteiger partial charge in [-0.15, -0.1) is 6.58 Å². The molecular formula is C13H16O5. The van der Waals surface area contributed by atoms with E-state index >= 15 is 0 Å². The SMILES string of the molecule is C=CC(C)(C)OOc1ccccc1OCC(=O)O. The van der Waals surface area contributed by atoms with Crippen molar-refractivity contribution < 1.29 is 24.4 Å². The van der Waals surface area contributed by atoms with Gasteiger partial charge in [-0.1, -0.05) is 18.2 Å². The summed E-state index contributed by atoms with van der Waals surface area (Å²) in [5.74, 6) is -0.439. The van der Waals surface area contributed by atoms with E-state index < -0.39 is 18.2 Å². The van der Waals surface area contributed by atoms with Crippen LogP contribution in [0.4, 0.5) is 0 Å². The number of hydrogen-bond acceptors (Lipinski definition) is 4. The minimum absolute atomic E-state index is 0.305. The van der Waals surface area contributed by atoms with Gasteiger partial charge in [0.05, 0.1) is 0 Å². The first-order chi connectivity index (χ1) is 8.44. The van der Waals surface area contributed by atoms with Gasteiger partial charge < -0.3 is 14.7 Å². The van der Waals surface area contributed by atoms with Gasteiger partial charge in [0.15, 0.2) is 12.4 Å². The first-order valence-corrected chi connectivity index (χ1v) is 5.37. The molecule has 1 N–H and O–H groups in total. The average molecular weight is 252 g/mol. The van der Waals surface area contributed by atoms with Crippen LogP contribution in [0, 0.1) is 0 Å². The molecule has 0 spiro atoms. The Morgan fingerprint density at radius 3 is 2.56 bits per heavy atom. The number of benzene rings is 1. The van der Waals surface area contributed by atoms with Crippen molar-refractivity contribution in [3.8, 4) is 11.5 Å². The molecule has 0 unspecified atom stereocenters. The normalized spacial score (nSPS) is 10.8. The highest BCUT2D eigenvalue weighted by molar-refractivity contribution is 5.68. The maximum atomic E-state index is 10.4. The standard InChI is InChI=1S/C13H16O5/c1-4-13(2,3)18-17-11-8-6-5-7-10(11)16-9-12(14)15/h4-8H,1,9H2,2-3H3,(H,14,15). The minimum atomic E-state index is -1.06. The predicted octanol–water partition coefficient (Wildman–Crippen LogP) is 2.42. The van der Waals surface area contributed by atoms with Crippen molar-refractivity contribution in [3.63, 3.8) is 0 Å². The third kappa shape index (κ3) is 4.47. The zero-order valence-corrected chi connectivity index (χ0v) is 10.4. The highest BCUT2D eigenvalue weighted by Crippen LogP contribution is 2.28. The van der Waals surface area contributed by atoms with Crippen molar-refractivity contribution in [2.24, 2.45) is 0 Å². The van der Waals surface area contributed by atoms with Crippen LogP contribution >= 0.6 is 0 Å². The first-order valence-electron chi connectivity index (χ1n) is 5.37. The monoisotopic (exact) mass is 252 g/mol. The number of aliphatic carboxylic acids is 1. The van der Waals surface area contributed by atoms with E-state index in [0.29, 0.717) is 11.5 Å². The molecule has 1 aromatic carbocycles. The lowest BCUT2D eigenvalue weighted by atomic mass is 10.1. The molecule has 0 aliphatic rings. The molecule has 18 heavy (non-hydrogen) atoms. The maximum Gasteiger partial charge on any atom is 0.341 e. The Balaban J connectivity index is 2.70. The van der Waals surface area contributed by atoms with Gasteiger partial charge in [0, 0.05) is 0 Å². The number of carbonyl (C=O) groups is 1. The molecule has 0 aromatic heterocycles. The third-order valence-corrected chi connectivity index (χ3v) is 2.04. The first kappa shape index (κ1) is 14.1. The van der Waals surface area contributed by atoms with Crippen molar-refractivity contribution in [2.75, 3.05) is 6.61 Å². The fourth-order valence-corrected chi connectivity index (χ4v) is 0.964. The summed E-state index contributed by atoms with van der Waals surface area (Å²) in [5.41, 5.74) is -0.653.